The highest BCUT2D eigenvalue weighted by Gasteiger charge is 2.28. The van der Waals surface area contributed by atoms with Crippen molar-refractivity contribution in [1.82, 2.24) is 4.90 Å². The fourth-order valence-electron chi connectivity index (χ4n) is 2.39. The first kappa shape index (κ1) is 10.5. The Kier molecular flexibility index (Phi) is 2.96. The van der Waals surface area contributed by atoms with Crippen molar-refractivity contribution in [2.45, 2.75) is 25.3 Å². The van der Waals surface area contributed by atoms with E-state index in [-0.39, 0.29) is 0 Å². The van der Waals surface area contributed by atoms with Gasteiger partial charge < -0.3 is 9.64 Å². The van der Waals surface area contributed by atoms with E-state index in [2.05, 4.69) is 43.1 Å². The van der Waals surface area contributed by atoms with E-state index in [1.807, 2.05) is 0 Å². The Morgan fingerprint density at radius 1 is 1.27 bits per heavy atom. The maximum atomic E-state index is 5.17. The summed E-state index contributed by atoms with van der Waals surface area (Å²) >= 11 is 0. The summed E-state index contributed by atoms with van der Waals surface area (Å²) in [5, 5.41) is 0. The Bertz CT molecular complexity index is 320. The van der Waals surface area contributed by atoms with Gasteiger partial charge in [-0.15, -0.1) is 0 Å². The minimum absolute atomic E-state index is 0.651. The number of likely N-dealkylation sites (tertiary alicyclic amines) is 1. The molecule has 2 rings (SSSR count). The molecule has 1 saturated heterocycles. The zero-order valence-corrected chi connectivity index (χ0v) is 9.73. The molecule has 1 aromatic rings. The Balaban J connectivity index is 2.16. The highest BCUT2D eigenvalue weighted by molar-refractivity contribution is 5.30. The van der Waals surface area contributed by atoms with Crippen LogP contribution < -0.4 is 4.74 Å². The molecule has 0 amide bonds. The lowest BCUT2D eigenvalue weighted by atomic mass is 9.93. The molecule has 0 bridgehead atoms. The van der Waals surface area contributed by atoms with Crippen LogP contribution in [0, 0.1) is 0 Å². The molecular formula is C13H19NO. The molecule has 1 fully saturated rings. The third kappa shape index (κ3) is 2.00. The fourth-order valence-corrected chi connectivity index (χ4v) is 2.39. The van der Waals surface area contributed by atoms with Gasteiger partial charge in [-0.25, -0.2) is 0 Å². The monoisotopic (exact) mass is 205 g/mol. The van der Waals surface area contributed by atoms with Crippen LogP contribution in [0.5, 0.6) is 5.75 Å². The van der Waals surface area contributed by atoms with Gasteiger partial charge in [-0.2, -0.15) is 0 Å². The van der Waals surface area contributed by atoms with Crippen molar-refractivity contribution in [2.24, 2.45) is 0 Å². The van der Waals surface area contributed by atoms with Crippen LogP contribution in [0.3, 0.4) is 0 Å². The largest absolute Gasteiger partial charge is 0.497 e. The summed E-state index contributed by atoms with van der Waals surface area (Å²) in [4.78, 5) is 2.43. The number of hydrogen-bond acceptors (Lipinski definition) is 2. The molecule has 15 heavy (non-hydrogen) atoms. The van der Waals surface area contributed by atoms with Crippen molar-refractivity contribution in [3.05, 3.63) is 29.8 Å². The molecule has 1 heterocycles. The van der Waals surface area contributed by atoms with Crippen LogP contribution in [0.15, 0.2) is 24.3 Å². The molecule has 82 valence electrons. The van der Waals surface area contributed by atoms with Gasteiger partial charge in [-0.3, -0.25) is 0 Å². The van der Waals surface area contributed by atoms with Crippen LogP contribution in [0.25, 0.3) is 0 Å². The van der Waals surface area contributed by atoms with Crippen molar-refractivity contribution in [3.8, 4) is 5.75 Å². The molecule has 2 nitrogen and oxygen atoms in total. The van der Waals surface area contributed by atoms with Crippen LogP contribution in [0.4, 0.5) is 0 Å². The van der Waals surface area contributed by atoms with Crippen molar-refractivity contribution < 1.29 is 4.74 Å². The molecule has 1 aromatic carbocycles. The van der Waals surface area contributed by atoms with Gasteiger partial charge in [-0.05, 0) is 44.6 Å². The van der Waals surface area contributed by atoms with Gasteiger partial charge in [0.15, 0.2) is 0 Å². The zero-order chi connectivity index (χ0) is 10.8. The lowest BCUT2D eigenvalue weighted by molar-refractivity contribution is 0.318. The molecular weight excluding hydrogens is 186 g/mol. The van der Waals surface area contributed by atoms with Gasteiger partial charge in [-0.1, -0.05) is 12.1 Å². The number of nitrogens with zero attached hydrogens (tertiary/aromatic N) is 1. The van der Waals surface area contributed by atoms with Crippen LogP contribution in [-0.4, -0.2) is 31.6 Å². The smallest absolute Gasteiger partial charge is 0.118 e. The molecule has 0 N–H and O–H groups in total. The number of benzene rings is 1. The van der Waals surface area contributed by atoms with Crippen molar-refractivity contribution in [2.75, 3.05) is 20.7 Å². The summed E-state index contributed by atoms with van der Waals surface area (Å²) in [6.45, 7) is 3.51. The number of ether oxygens (including phenoxy) is 1. The number of methoxy groups -OCH3 is 1. The first-order chi connectivity index (χ1) is 7.22. The molecule has 2 heteroatoms. The Labute approximate surface area is 91.9 Å². The molecule has 0 saturated carbocycles. The first-order valence-electron chi connectivity index (χ1n) is 5.56. The van der Waals surface area contributed by atoms with Crippen LogP contribution in [0.2, 0.25) is 0 Å². The third-order valence-electron chi connectivity index (χ3n) is 3.61. The van der Waals surface area contributed by atoms with E-state index in [9.17, 15) is 0 Å². The maximum Gasteiger partial charge on any atom is 0.118 e. The second kappa shape index (κ2) is 4.23. The third-order valence-corrected chi connectivity index (χ3v) is 3.61. The Hall–Kier alpha value is -1.02. The van der Waals surface area contributed by atoms with E-state index in [0.717, 1.165) is 5.75 Å². The minimum Gasteiger partial charge on any atom is -0.497 e. The molecule has 1 aliphatic rings. The van der Waals surface area contributed by atoms with E-state index >= 15 is 0 Å². The molecule has 2 atom stereocenters. The van der Waals surface area contributed by atoms with E-state index < -0.39 is 0 Å². The van der Waals surface area contributed by atoms with Gasteiger partial charge >= 0.3 is 0 Å². The van der Waals surface area contributed by atoms with Crippen molar-refractivity contribution in [3.63, 3.8) is 0 Å². The molecule has 1 aliphatic heterocycles. The molecule has 0 aromatic heterocycles. The SMILES string of the molecule is COc1ccc([C@H]2CCN(C)C2C)cc1. The summed E-state index contributed by atoms with van der Waals surface area (Å²) in [6.07, 6.45) is 1.27. The molecule has 0 radical (unpaired) electrons. The number of rotatable bonds is 2. The Morgan fingerprint density at radius 2 is 1.93 bits per heavy atom. The normalized spacial score (nSPS) is 26.9. The van der Waals surface area contributed by atoms with Gasteiger partial charge in [0.05, 0.1) is 7.11 Å². The second-order valence-electron chi connectivity index (χ2n) is 4.39. The second-order valence-corrected chi connectivity index (χ2v) is 4.39. The van der Waals surface area contributed by atoms with E-state index in [4.69, 9.17) is 4.74 Å². The first-order valence-corrected chi connectivity index (χ1v) is 5.56. The van der Waals surface area contributed by atoms with Crippen LogP contribution in [-0.2, 0) is 0 Å². The topological polar surface area (TPSA) is 12.5 Å². The Morgan fingerprint density at radius 3 is 2.40 bits per heavy atom. The number of hydrogen-bond donors (Lipinski definition) is 0. The summed E-state index contributed by atoms with van der Waals surface area (Å²) in [5.41, 5.74) is 1.44. The van der Waals surface area contributed by atoms with Gasteiger partial charge in [0, 0.05) is 12.0 Å². The summed E-state index contributed by atoms with van der Waals surface area (Å²) < 4.78 is 5.17. The maximum absolute atomic E-state index is 5.17. The summed E-state index contributed by atoms with van der Waals surface area (Å²) in [5.74, 6) is 1.62. The lowest BCUT2D eigenvalue weighted by Crippen LogP contribution is -2.24. The predicted molar refractivity (Wildman–Crippen MR) is 62.4 cm³/mol. The average molecular weight is 205 g/mol. The van der Waals surface area contributed by atoms with Crippen LogP contribution in [0.1, 0.15) is 24.8 Å². The van der Waals surface area contributed by atoms with Gasteiger partial charge in [0.2, 0.25) is 0 Å². The predicted octanol–water partition coefficient (Wildman–Crippen LogP) is 2.50. The van der Waals surface area contributed by atoms with Gasteiger partial charge in [0.25, 0.3) is 0 Å². The minimum atomic E-state index is 0.651. The standard InChI is InChI=1S/C13H19NO/c1-10-13(8-9-14(10)2)11-4-6-12(15-3)7-5-11/h4-7,10,13H,8-9H2,1-3H3/t10?,13-/m0/s1. The van der Waals surface area contributed by atoms with Crippen molar-refractivity contribution >= 4 is 0 Å². The van der Waals surface area contributed by atoms with E-state index in [1.165, 1.54) is 18.5 Å². The molecule has 1 unspecified atom stereocenters. The van der Waals surface area contributed by atoms with E-state index in [1.54, 1.807) is 7.11 Å². The quantitative estimate of drug-likeness (QED) is 0.735. The van der Waals surface area contributed by atoms with Gasteiger partial charge in [0.1, 0.15) is 5.75 Å². The molecule has 0 spiro atoms. The van der Waals surface area contributed by atoms with Crippen molar-refractivity contribution in [1.29, 1.82) is 0 Å². The fraction of sp³-hybridized carbons (Fsp3) is 0.538. The lowest BCUT2D eigenvalue weighted by Gasteiger charge is -2.20. The average Bonchev–Trinajstić information content (AvgIpc) is 2.60. The number of likely N-dealkylation sites (N-methyl/N-ethyl adjacent to an activating group) is 1. The summed E-state index contributed by atoms with van der Waals surface area (Å²) in [7, 11) is 3.91. The van der Waals surface area contributed by atoms with Crippen LogP contribution >= 0.6 is 0 Å². The highest BCUT2D eigenvalue weighted by Crippen LogP contribution is 2.32. The highest BCUT2D eigenvalue weighted by atomic mass is 16.5. The van der Waals surface area contributed by atoms with E-state index in [0.29, 0.717) is 12.0 Å². The summed E-state index contributed by atoms with van der Waals surface area (Å²) in [6, 6.07) is 9.15. The molecule has 0 aliphatic carbocycles. The zero-order valence-electron chi connectivity index (χ0n) is 9.73.